The van der Waals surface area contributed by atoms with Gasteiger partial charge in [0.1, 0.15) is 0 Å². The molecule has 2 N–H and O–H groups in total. The van der Waals surface area contributed by atoms with Gasteiger partial charge in [-0.3, -0.25) is 4.79 Å². The minimum atomic E-state index is -0.741. The largest absolute Gasteiger partial charge is 0.481 e. The van der Waals surface area contributed by atoms with E-state index in [1.54, 1.807) is 0 Å². The second-order valence-corrected chi connectivity index (χ2v) is 5.27. The zero-order chi connectivity index (χ0) is 11.9. The Morgan fingerprint density at radius 2 is 1.93 bits per heavy atom. The van der Waals surface area contributed by atoms with Crippen LogP contribution >= 0.6 is 0 Å². The minimum absolute atomic E-state index is 0.178. The van der Waals surface area contributed by atoms with Crippen LogP contribution in [0.5, 0.6) is 0 Å². The van der Waals surface area contributed by atoms with E-state index in [0.29, 0.717) is 0 Å². The Hall–Kier alpha value is -0.570. The fourth-order valence-corrected chi connectivity index (χ4v) is 1.54. The molecule has 0 saturated carbocycles. The molecule has 0 aromatic rings. The highest BCUT2D eigenvalue weighted by molar-refractivity contribution is 5.68. The summed E-state index contributed by atoms with van der Waals surface area (Å²) in [5.41, 5.74) is -0.288. The Morgan fingerprint density at radius 3 is 2.40 bits per heavy atom. The van der Waals surface area contributed by atoms with E-state index < -0.39 is 5.97 Å². The Kier molecular flexibility index (Phi) is 6.57. The van der Waals surface area contributed by atoms with E-state index in [9.17, 15) is 4.79 Å². The van der Waals surface area contributed by atoms with Crippen LogP contribution < -0.4 is 5.32 Å². The predicted octanol–water partition coefficient (Wildman–Crippen LogP) is 2.66. The fraction of sp³-hybridized carbons (Fsp3) is 0.917. The number of unbranched alkanes of at least 4 members (excludes halogenated alkanes) is 1. The smallest absolute Gasteiger partial charge is 0.305 e. The van der Waals surface area contributed by atoms with Gasteiger partial charge in [0.15, 0.2) is 0 Å². The van der Waals surface area contributed by atoms with Crippen LogP contribution in [0.1, 0.15) is 53.4 Å². The molecular formula is C12H25NO2. The van der Waals surface area contributed by atoms with Gasteiger partial charge in [0.2, 0.25) is 0 Å². The van der Waals surface area contributed by atoms with Crippen molar-refractivity contribution in [3.05, 3.63) is 0 Å². The number of hydrogen-bond acceptors (Lipinski definition) is 2. The molecule has 0 aliphatic heterocycles. The van der Waals surface area contributed by atoms with E-state index >= 15 is 0 Å². The molecule has 0 aromatic heterocycles. The first-order chi connectivity index (χ1) is 6.83. The van der Waals surface area contributed by atoms with Gasteiger partial charge in [0.05, 0.1) is 6.42 Å². The third-order valence-corrected chi connectivity index (χ3v) is 2.40. The van der Waals surface area contributed by atoms with Gasteiger partial charge in [-0.05, 0) is 32.7 Å². The van der Waals surface area contributed by atoms with Crippen molar-refractivity contribution in [1.82, 2.24) is 5.32 Å². The van der Waals surface area contributed by atoms with Gasteiger partial charge in [-0.15, -0.1) is 0 Å². The van der Waals surface area contributed by atoms with Crippen LogP contribution in [0.15, 0.2) is 0 Å². The standard InChI is InChI=1S/C12H25NO2/c1-10(2)7-5-6-8-13-12(3,4)9-11(14)15/h10,13H,5-9H2,1-4H3,(H,14,15). The molecule has 0 saturated heterocycles. The number of carboxylic acids is 1. The number of aliphatic carboxylic acids is 1. The lowest BCUT2D eigenvalue weighted by Crippen LogP contribution is -2.41. The molecule has 3 heteroatoms. The lowest BCUT2D eigenvalue weighted by Gasteiger charge is -2.24. The minimum Gasteiger partial charge on any atom is -0.481 e. The number of hydrogen-bond donors (Lipinski definition) is 2. The topological polar surface area (TPSA) is 49.3 Å². The molecule has 15 heavy (non-hydrogen) atoms. The third-order valence-electron chi connectivity index (χ3n) is 2.40. The molecule has 0 aliphatic carbocycles. The van der Waals surface area contributed by atoms with Gasteiger partial charge in [-0.2, -0.15) is 0 Å². The number of carbonyl (C=O) groups is 1. The van der Waals surface area contributed by atoms with E-state index in [2.05, 4.69) is 19.2 Å². The summed E-state index contributed by atoms with van der Waals surface area (Å²) in [5, 5.41) is 12.0. The first-order valence-electron chi connectivity index (χ1n) is 5.80. The molecule has 0 radical (unpaired) electrons. The molecule has 0 unspecified atom stereocenters. The van der Waals surface area contributed by atoms with E-state index in [0.717, 1.165) is 18.9 Å². The summed E-state index contributed by atoms with van der Waals surface area (Å²) in [5.74, 6) is 0.0201. The highest BCUT2D eigenvalue weighted by atomic mass is 16.4. The molecule has 0 spiro atoms. The average Bonchev–Trinajstić information content (AvgIpc) is 1.99. The maximum absolute atomic E-state index is 10.6. The predicted molar refractivity (Wildman–Crippen MR) is 63.0 cm³/mol. The molecule has 0 aromatic carbocycles. The van der Waals surface area contributed by atoms with E-state index in [-0.39, 0.29) is 12.0 Å². The number of nitrogens with one attached hydrogen (secondary N) is 1. The molecule has 0 aliphatic rings. The van der Waals surface area contributed by atoms with Crippen LogP contribution in [0.3, 0.4) is 0 Å². The SMILES string of the molecule is CC(C)CCCCNC(C)(C)CC(=O)O. The first kappa shape index (κ1) is 14.4. The van der Waals surface area contributed by atoms with Crippen molar-refractivity contribution in [2.45, 2.75) is 58.9 Å². The molecule has 0 fully saturated rings. The van der Waals surface area contributed by atoms with Crippen molar-refractivity contribution < 1.29 is 9.90 Å². The lowest BCUT2D eigenvalue weighted by molar-refractivity contribution is -0.138. The monoisotopic (exact) mass is 215 g/mol. The zero-order valence-corrected chi connectivity index (χ0v) is 10.5. The summed E-state index contributed by atoms with van der Waals surface area (Å²) >= 11 is 0. The summed E-state index contributed by atoms with van der Waals surface area (Å²) in [6, 6.07) is 0. The molecule has 0 rings (SSSR count). The molecule has 0 heterocycles. The number of carboxylic acid groups (broad SMARTS) is 1. The fourth-order valence-electron chi connectivity index (χ4n) is 1.54. The van der Waals surface area contributed by atoms with Gasteiger partial charge in [-0.1, -0.05) is 26.7 Å². The first-order valence-corrected chi connectivity index (χ1v) is 5.80. The van der Waals surface area contributed by atoms with Crippen LogP contribution in [-0.2, 0) is 4.79 Å². The van der Waals surface area contributed by atoms with Crippen molar-refractivity contribution in [2.24, 2.45) is 5.92 Å². The zero-order valence-electron chi connectivity index (χ0n) is 10.5. The second-order valence-electron chi connectivity index (χ2n) is 5.27. The molecular weight excluding hydrogens is 190 g/mol. The Morgan fingerprint density at radius 1 is 1.33 bits per heavy atom. The van der Waals surface area contributed by atoms with Crippen LogP contribution in [0, 0.1) is 5.92 Å². The summed E-state index contributed by atoms with van der Waals surface area (Å²) < 4.78 is 0. The van der Waals surface area contributed by atoms with Crippen molar-refractivity contribution in [3.8, 4) is 0 Å². The summed E-state index contributed by atoms with van der Waals surface area (Å²) in [7, 11) is 0. The van der Waals surface area contributed by atoms with Gasteiger partial charge in [-0.25, -0.2) is 0 Å². The maximum atomic E-state index is 10.6. The van der Waals surface area contributed by atoms with Crippen molar-refractivity contribution in [1.29, 1.82) is 0 Å². The molecule has 0 bridgehead atoms. The maximum Gasteiger partial charge on any atom is 0.305 e. The average molecular weight is 215 g/mol. The van der Waals surface area contributed by atoms with Gasteiger partial charge in [0, 0.05) is 5.54 Å². The quantitative estimate of drug-likeness (QED) is 0.612. The van der Waals surface area contributed by atoms with E-state index in [4.69, 9.17) is 5.11 Å². The highest BCUT2D eigenvalue weighted by Gasteiger charge is 2.20. The lowest BCUT2D eigenvalue weighted by atomic mass is 10.0. The number of rotatable bonds is 8. The Labute approximate surface area is 93.3 Å². The van der Waals surface area contributed by atoms with Crippen molar-refractivity contribution in [3.63, 3.8) is 0 Å². The summed E-state index contributed by atoms with van der Waals surface area (Å²) in [6.45, 7) is 9.23. The highest BCUT2D eigenvalue weighted by Crippen LogP contribution is 2.09. The Balaban J connectivity index is 3.53. The molecule has 90 valence electrons. The van der Waals surface area contributed by atoms with Gasteiger partial charge in [0.25, 0.3) is 0 Å². The molecule has 3 nitrogen and oxygen atoms in total. The third kappa shape index (κ3) is 9.73. The second kappa shape index (κ2) is 6.83. The van der Waals surface area contributed by atoms with E-state index in [1.807, 2.05) is 13.8 Å². The normalized spacial score (nSPS) is 12.1. The van der Waals surface area contributed by atoms with Crippen molar-refractivity contribution >= 4 is 5.97 Å². The molecule has 0 amide bonds. The van der Waals surface area contributed by atoms with Gasteiger partial charge < -0.3 is 10.4 Å². The summed E-state index contributed by atoms with van der Waals surface area (Å²) in [4.78, 5) is 10.6. The van der Waals surface area contributed by atoms with Gasteiger partial charge >= 0.3 is 5.97 Å². The van der Waals surface area contributed by atoms with Crippen LogP contribution in [-0.4, -0.2) is 23.2 Å². The van der Waals surface area contributed by atoms with Crippen LogP contribution in [0.2, 0.25) is 0 Å². The van der Waals surface area contributed by atoms with Crippen LogP contribution in [0.25, 0.3) is 0 Å². The van der Waals surface area contributed by atoms with Crippen molar-refractivity contribution in [2.75, 3.05) is 6.54 Å². The van der Waals surface area contributed by atoms with Crippen LogP contribution in [0.4, 0.5) is 0 Å². The Bertz CT molecular complexity index is 188. The van der Waals surface area contributed by atoms with E-state index in [1.165, 1.54) is 12.8 Å². The summed E-state index contributed by atoms with van der Waals surface area (Å²) in [6.07, 6.45) is 3.77. The molecule has 0 atom stereocenters.